The Morgan fingerprint density at radius 2 is 1.86 bits per heavy atom. The molecule has 2 aromatic rings. The van der Waals surface area contributed by atoms with Gasteiger partial charge in [-0.2, -0.15) is 9.36 Å². The van der Waals surface area contributed by atoms with E-state index in [9.17, 15) is 4.79 Å². The minimum Gasteiger partial charge on any atom is -0.379 e. The van der Waals surface area contributed by atoms with E-state index >= 15 is 0 Å². The van der Waals surface area contributed by atoms with Crippen molar-refractivity contribution >= 4 is 0 Å². The molecule has 1 saturated heterocycles. The summed E-state index contributed by atoms with van der Waals surface area (Å²) in [5, 5.41) is 7.97. The number of benzene rings is 1. The number of para-hydroxylation sites is 1. The summed E-state index contributed by atoms with van der Waals surface area (Å²) in [4.78, 5) is 14.7. The Kier molecular flexibility index (Phi) is 4.65. The van der Waals surface area contributed by atoms with Crippen LogP contribution in [0.1, 0.15) is 6.92 Å². The fourth-order valence-electron chi connectivity index (χ4n) is 2.70. The fraction of sp³-hybridized carbons (Fsp3) is 0.533. The molecule has 118 valence electrons. The molecule has 0 radical (unpaired) electrons. The van der Waals surface area contributed by atoms with E-state index in [1.54, 1.807) is 0 Å². The van der Waals surface area contributed by atoms with Crippen molar-refractivity contribution in [2.45, 2.75) is 13.5 Å². The van der Waals surface area contributed by atoms with Crippen molar-refractivity contribution in [3.63, 3.8) is 0 Å². The lowest BCUT2D eigenvalue weighted by molar-refractivity contribution is 0.0304. The molecule has 1 unspecified atom stereocenters. The Bertz CT molecular complexity index is 645. The summed E-state index contributed by atoms with van der Waals surface area (Å²) in [5.74, 6) is 0.330. The average molecular weight is 303 g/mol. The lowest BCUT2D eigenvalue weighted by Gasteiger charge is -2.28. The highest BCUT2D eigenvalue weighted by molar-refractivity contribution is 5.28. The maximum atomic E-state index is 12.4. The van der Waals surface area contributed by atoms with E-state index in [0.717, 1.165) is 38.5 Å². The van der Waals surface area contributed by atoms with Gasteiger partial charge in [0.2, 0.25) is 0 Å². The minimum absolute atomic E-state index is 0.194. The lowest BCUT2D eigenvalue weighted by atomic mass is 10.1. The van der Waals surface area contributed by atoms with Crippen LogP contribution in [0.2, 0.25) is 0 Å². The van der Waals surface area contributed by atoms with E-state index in [2.05, 4.69) is 22.3 Å². The van der Waals surface area contributed by atoms with Crippen molar-refractivity contribution in [3.8, 4) is 5.69 Å². The average Bonchev–Trinajstić information content (AvgIpc) is 2.90. The third-order valence-electron chi connectivity index (χ3n) is 3.80. The van der Waals surface area contributed by atoms with Gasteiger partial charge < -0.3 is 4.74 Å². The van der Waals surface area contributed by atoms with Gasteiger partial charge in [-0.05, 0) is 28.5 Å². The van der Waals surface area contributed by atoms with E-state index in [1.165, 1.54) is 9.36 Å². The van der Waals surface area contributed by atoms with E-state index in [-0.39, 0.29) is 5.69 Å². The van der Waals surface area contributed by atoms with Crippen molar-refractivity contribution in [3.05, 3.63) is 40.8 Å². The first-order chi connectivity index (χ1) is 10.7. The minimum atomic E-state index is -0.194. The number of ether oxygens (including phenoxy) is 1. The summed E-state index contributed by atoms with van der Waals surface area (Å²) in [5.41, 5.74) is 0.541. The van der Waals surface area contributed by atoms with Crippen molar-refractivity contribution in [1.82, 2.24) is 24.7 Å². The highest BCUT2D eigenvalue weighted by Gasteiger charge is 2.16. The summed E-state index contributed by atoms with van der Waals surface area (Å²) in [7, 11) is 0. The normalized spacial score (nSPS) is 17.5. The van der Waals surface area contributed by atoms with Crippen LogP contribution >= 0.6 is 0 Å². The van der Waals surface area contributed by atoms with E-state index in [1.807, 2.05) is 30.3 Å². The van der Waals surface area contributed by atoms with Crippen LogP contribution in [0.5, 0.6) is 0 Å². The van der Waals surface area contributed by atoms with E-state index < -0.39 is 0 Å². The fourth-order valence-corrected chi connectivity index (χ4v) is 2.70. The molecule has 0 N–H and O–H groups in total. The van der Waals surface area contributed by atoms with Crippen molar-refractivity contribution in [1.29, 1.82) is 0 Å². The van der Waals surface area contributed by atoms with Crippen LogP contribution in [0.15, 0.2) is 35.1 Å². The smallest absolute Gasteiger partial charge is 0.368 e. The summed E-state index contributed by atoms with van der Waals surface area (Å²) in [6.07, 6.45) is 0. The van der Waals surface area contributed by atoms with E-state index in [0.29, 0.717) is 12.5 Å². The highest BCUT2D eigenvalue weighted by atomic mass is 16.5. The molecule has 22 heavy (non-hydrogen) atoms. The molecule has 3 rings (SSSR count). The molecule has 0 amide bonds. The standard InChI is InChI=1S/C15H21N5O2/c1-13(11-18-7-9-22-10-8-18)12-19-15(21)20(17-16-19)14-5-3-2-4-6-14/h2-6,13H,7-12H2,1H3. The first-order valence-electron chi connectivity index (χ1n) is 7.62. The quantitative estimate of drug-likeness (QED) is 0.800. The molecule has 0 saturated carbocycles. The monoisotopic (exact) mass is 303 g/mol. The van der Waals surface area contributed by atoms with Crippen LogP contribution in [0.4, 0.5) is 0 Å². The van der Waals surface area contributed by atoms with Gasteiger partial charge >= 0.3 is 5.69 Å². The van der Waals surface area contributed by atoms with Crippen LogP contribution in [0, 0.1) is 5.92 Å². The first kappa shape index (κ1) is 14.9. The topological polar surface area (TPSA) is 65.2 Å². The van der Waals surface area contributed by atoms with Crippen LogP contribution in [-0.2, 0) is 11.3 Å². The number of nitrogens with zero attached hydrogens (tertiary/aromatic N) is 5. The van der Waals surface area contributed by atoms with Gasteiger partial charge in [-0.1, -0.05) is 25.1 Å². The van der Waals surface area contributed by atoms with Gasteiger partial charge in [0.25, 0.3) is 0 Å². The Morgan fingerprint density at radius 1 is 1.14 bits per heavy atom. The maximum Gasteiger partial charge on any atom is 0.368 e. The summed E-state index contributed by atoms with van der Waals surface area (Å²) < 4.78 is 8.13. The molecule has 1 fully saturated rings. The third-order valence-corrected chi connectivity index (χ3v) is 3.80. The second kappa shape index (κ2) is 6.85. The predicted octanol–water partition coefficient (Wildman–Crippen LogP) is 0.397. The number of aromatic nitrogens is 4. The van der Waals surface area contributed by atoms with Gasteiger partial charge in [0, 0.05) is 19.6 Å². The molecular weight excluding hydrogens is 282 g/mol. The van der Waals surface area contributed by atoms with Gasteiger partial charge in [0.1, 0.15) is 0 Å². The summed E-state index contributed by atoms with van der Waals surface area (Å²) >= 11 is 0. The number of tetrazole rings is 1. The molecule has 1 aromatic heterocycles. The molecule has 0 spiro atoms. The molecular formula is C15H21N5O2. The van der Waals surface area contributed by atoms with Crippen molar-refractivity contribution in [2.24, 2.45) is 5.92 Å². The second-order valence-corrected chi connectivity index (χ2v) is 5.71. The van der Waals surface area contributed by atoms with Crippen LogP contribution in [0.3, 0.4) is 0 Å². The Morgan fingerprint density at radius 3 is 2.59 bits per heavy atom. The van der Waals surface area contributed by atoms with Gasteiger partial charge in [0.15, 0.2) is 0 Å². The summed E-state index contributed by atoms with van der Waals surface area (Å²) in [6.45, 7) is 7.13. The zero-order valence-corrected chi connectivity index (χ0v) is 12.8. The predicted molar refractivity (Wildman–Crippen MR) is 82.0 cm³/mol. The number of rotatable bonds is 5. The molecule has 2 heterocycles. The van der Waals surface area contributed by atoms with Gasteiger partial charge in [0.05, 0.1) is 25.4 Å². The third kappa shape index (κ3) is 3.42. The van der Waals surface area contributed by atoms with Gasteiger partial charge in [-0.3, -0.25) is 4.90 Å². The molecule has 0 aliphatic carbocycles. The van der Waals surface area contributed by atoms with E-state index in [4.69, 9.17) is 4.74 Å². The number of hydrogen-bond donors (Lipinski definition) is 0. The van der Waals surface area contributed by atoms with Crippen molar-refractivity contribution in [2.75, 3.05) is 32.8 Å². The highest BCUT2D eigenvalue weighted by Crippen LogP contribution is 2.05. The Labute approximate surface area is 129 Å². The molecule has 1 aliphatic rings. The largest absolute Gasteiger partial charge is 0.379 e. The van der Waals surface area contributed by atoms with Crippen molar-refractivity contribution < 1.29 is 4.74 Å². The van der Waals surface area contributed by atoms with Crippen LogP contribution in [0.25, 0.3) is 5.69 Å². The van der Waals surface area contributed by atoms with Crippen LogP contribution < -0.4 is 5.69 Å². The number of morpholine rings is 1. The summed E-state index contributed by atoms with van der Waals surface area (Å²) in [6, 6.07) is 9.35. The van der Waals surface area contributed by atoms with Crippen LogP contribution in [-0.4, -0.2) is 57.5 Å². The first-order valence-corrected chi connectivity index (χ1v) is 7.62. The number of hydrogen-bond acceptors (Lipinski definition) is 5. The molecule has 1 aliphatic heterocycles. The van der Waals surface area contributed by atoms with Gasteiger partial charge in [-0.25, -0.2) is 4.79 Å². The molecule has 0 bridgehead atoms. The SMILES string of the molecule is CC(CN1CCOCC1)Cn1nnn(-c2ccccc2)c1=O. The zero-order chi connectivity index (χ0) is 15.4. The molecule has 7 heteroatoms. The lowest BCUT2D eigenvalue weighted by Crippen LogP contribution is -2.40. The molecule has 1 aromatic carbocycles. The Hall–Kier alpha value is -1.99. The molecule has 7 nitrogen and oxygen atoms in total. The molecule has 1 atom stereocenters. The second-order valence-electron chi connectivity index (χ2n) is 5.71. The maximum absolute atomic E-state index is 12.4. The zero-order valence-electron chi connectivity index (χ0n) is 12.8. The Balaban J connectivity index is 1.65. The van der Waals surface area contributed by atoms with Gasteiger partial charge in [-0.15, -0.1) is 0 Å².